The molecule has 1 aliphatic heterocycles. The van der Waals surface area contributed by atoms with Gasteiger partial charge in [0.25, 0.3) is 0 Å². The fraction of sp³-hybridized carbons (Fsp3) is 0.733. The molecule has 1 aliphatic rings. The van der Waals surface area contributed by atoms with Crippen molar-refractivity contribution in [3.63, 3.8) is 0 Å². The van der Waals surface area contributed by atoms with Crippen LogP contribution in [-0.4, -0.2) is 47.9 Å². The number of rotatable bonds is 7. The predicted molar refractivity (Wildman–Crippen MR) is 83.5 cm³/mol. The van der Waals surface area contributed by atoms with E-state index in [1.165, 1.54) is 0 Å². The molecule has 0 aromatic carbocycles. The normalized spacial score (nSPS) is 21.8. The summed E-state index contributed by atoms with van der Waals surface area (Å²) in [6.07, 6.45) is 2.12. The van der Waals surface area contributed by atoms with Crippen LogP contribution in [0.2, 0.25) is 0 Å². The van der Waals surface area contributed by atoms with E-state index >= 15 is 0 Å². The van der Waals surface area contributed by atoms with Crippen molar-refractivity contribution in [2.75, 3.05) is 37.0 Å². The molecule has 2 heterocycles. The zero-order valence-electron chi connectivity index (χ0n) is 13.2. The summed E-state index contributed by atoms with van der Waals surface area (Å²) in [5, 5.41) is 12.9. The van der Waals surface area contributed by atoms with Crippen LogP contribution in [0.3, 0.4) is 0 Å². The first-order valence-corrected chi connectivity index (χ1v) is 7.67. The molecule has 21 heavy (non-hydrogen) atoms. The second kappa shape index (κ2) is 7.56. The molecular formula is C15H26N4O2. The Morgan fingerprint density at radius 2 is 2.29 bits per heavy atom. The van der Waals surface area contributed by atoms with E-state index in [4.69, 9.17) is 4.74 Å². The van der Waals surface area contributed by atoms with Crippen LogP contribution >= 0.6 is 0 Å². The maximum absolute atomic E-state index is 9.63. The number of hydrogen-bond acceptors (Lipinski definition) is 6. The topological polar surface area (TPSA) is 70.5 Å². The molecule has 0 bridgehead atoms. The first kappa shape index (κ1) is 16.0. The van der Waals surface area contributed by atoms with Crippen molar-refractivity contribution >= 4 is 11.6 Å². The first-order chi connectivity index (χ1) is 10.2. The summed E-state index contributed by atoms with van der Waals surface area (Å²) in [6.45, 7) is 6.64. The quantitative estimate of drug-likeness (QED) is 0.797. The summed E-state index contributed by atoms with van der Waals surface area (Å²) >= 11 is 0. The van der Waals surface area contributed by atoms with E-state index in [0.717, 1.165) is 37.6 Å². The van der Waals surface area contributed by atoms with Gasteiger partial charge in [-0.1, -0.05) is 13.8 Å². The fourth-order valence-electron chi connectivity index (χ4n) is 2.74. The molecule has 2 N–H and O–H groups in total. The molecule has 2 atom stereocenters. The number of nitrogens with zero attached hydrogens (tertiary/aromatic N) is 3. The standard InChI is InChI=1S/C15H26N4O2/c1-4-6-16-13-8-15(18-14(17-13)10-21-3)19-7-5-11(2)12(19)9-20/h8,11-12,20H,4-7,9-10H2,1-3H3,(H,16,17,18). The Hall–Kier alpha value is -1.40. The Morgan fingerprint density at radius 3 is 2.95 bits per heavy atom. The molecule has 1 saturated heterocycles. The third-order valence-corrected chi connectivity index (χ3v) is 3.95. The van der Waals surface area contributed by atoms with Crippen LogP contribution in [-0.2, 0) is 11.3 Å². The maximum Gasteiger partial charge on any atom is 0.158 e. The Bertz CT molecular complexity index is 455. The molecule has 0 saturated carbocycles. The predicted octanol–water partition coefficient (Wildman–Crippen LogP) is 1.65. The zero-order valence-corrected chi connectivity index (χ0v) is 13.2. The van der Waals surface area contributed by atoms with Gasteiger partial charge in [0.2, 0.25) is 0 Å². The van der Waals surface area contributed by atoms with Crippen molar-refractivity contribution < 1.29 is 9.84 Å². The van der Waals surface area contributed by atoms with E-state index in [1.54, 1.807) is 7.11 Å². The third kappa shape index (κ3) is 3.83. The minimum atomic E-state index is 0.134. The van der Waals surface area contributed by atoms with Gasteiger partial charge in [0.1, 0.15) is 18.2 Å². The van der Waals surface area contributed by atoms with Gasteiger partial charge < -0.3 is 20.1 Å². The van der Waals surface area contributed by atoms with Crippen LogP contribution in [0.1, 0.15) is 32.5 Å². The van der Waals surface area contributed by atoms with E-state index in [-0.39, 0.29) is 12.6 Å². The average molecular weight is 294 g/mol. The SMILES string of the molecule is CCCNc1cc(N2CCC(C)C2CO)nc(COC)n1. The van der Waals surface area contributed by atoms with Crippen molar-refractivity contribution in [3.8, 4) is 0 Å². The van der Waals surface area contributed by atoms with Crippen LogP contribution in [0.15, 0.2) is 6.07 Å². The molecule has 0 aliphatic carbocycles. The highest BCUT2D eigenvalue weighted by Crippen LogP contribution is 2.29. The van der Waals surface area contributed by atoms with E-state index in [1.807, 2.05) is 6.07 Å². The van der Waals surface area contributed by atoms with Crippen LogP contribution in [0.4, 0.5) is 11.6 Å². The molecule has 0 radical (unpaired) electrons. The van der Waals surface area contributed by atoms with Crippen molar-refractivity contribution in [1.29, 1.82) is 0 Å². The van der Waals surface area contributed by atoms with Gasteiger partial charge in [0, 0.05) is 26.3 Å². The molecule has 1 aromatic rings. The highest BCUT2D eigenvalue weighted by molar-refractivity contribution is 5.51. The smallest absolute Gasteiger partial charge is 0.158 e. The molecule has 6 heteroatoms. The highest BCUT2D eigenvalue weighted by Gasteiger charge is 2.31. The van der Waals surface area contributed by atoms with Gasteiger partial charge in [0.05, 0.1) is 12.6 Å². The van der Waals surface area contributed by atoms with Gasteiger partial charge in [-0.15, -0.1) is 0 Å². The van der Waals surface area contributed by atoms with Gasteiger partial charge in [-0.3, -0.25) is 0 Å². The number of aliphatic hydroxyl groups is 1. The second-order valence-electron chi connectivity index (χ2n) is 5.60. The van der Waals surface area contributed by atoms with Crippen molar-refractivity contribution in [1.82, 2.24) is 9.97 Å². The summed E-state index contributed by atoms with van der Waals surface area (Å²) in [5.41, 5.74) is 0. The summed E-state index contributed by atoms with van der Waals surface area (Å²) in [6, 6.07) is 2.10. The highest BCUT2D eigenvalue weighted by atomic mass is 16.5. The van der Waals surface area contributed by atoms with Gasteiger partial charge in [0.15, 0.2) is 5.82 Å². The Balaban J connectivity index is 2.26. The molecule has 0 spiro atoms. The van der Waals surface area contributed by atoms with E-state index < -0.39 is 0 Å². The van der Waals surface area contributed by atoms with Crippen molar-refractivity contribution in [2.45, 2.75) is 39.3 Å². The lowest BCUT2D eigenvalue weighted by molar-refractivity contribution is 0.178. The molecule has 1 aromatic heterocycles. The van der Waals surface area contributed by atoms with E-state index in [2.05, 4.69) is 34.0 Å². The minimum Gasteiger partial charge on any atom is -0.394 e. The lowest BCUT2D eigenvalue weighted by Gasteiger charge is -2.26. The van der Waals surface area contributed by atoms with Gasteiger partial charge in [-0.25, -0.2) is 9.97 Å². The molecule has 0 amide bonds. The largest absolute Gasteiger partial charge is 0.394 e. The Labute approximate surface area is 126 Å². The number of aromatic nitrogens is 2. The molecule has 118 valence electrons. The van der Waals surface area contributed by atoms with Crippen LogP contribution in [0.25, 0.3) is 0 Å². The summed E-state index contributed by atoms with van der Waals surface area (Å²) in [4.78, 5) is 11.2. The van der Waals surface area contributed by atoms with Gasteiger partial charge >= 0.3 is 0 Å². The lowest BCUT2D eigenvalue weighted by atomic mass is 10.0. The second-order valence-corrected chi connectivity index (χ2v) is 5.60. The number of nitrogens with one attached hydrogen (secondary N) is 1. The van der Waals surface area contributed by atoms with Gasteiger partial charge in [-0.2, -0.15) is 0 Å². The number of ether oxygens (including phenoxy) is 1. The molecule has 6 nitrogen and oxygen atoms in total. The van der Waals surface area contributed by atoms with E-state index in [9.17, 15) is 5.11 Å². The van der Waals surface area contributed by atoms with E-state index in [0.29, 0.717) is 18.3 Å². The summed E-state index contributed by atoms with van der Waals surface area (Å²) in [5.74, 6) is 2.84. The molecular weight excluding hydrogens is 268 g/mol. The Kier molecular flexibility index (Phi) is 5.76. The van der Waals surface area contributed by atoms with Crippen molar-refractivity contribution in [2.24, 2.45) is 5.92 Å². The molecule has 2 unspecified atom stereocenters. The minimum absolute atomic E-state index is 0.134. The fourth-order valence-corrected chi connectivity index (χ4v) is 2.74. The number of hydrogen-bond donors (Lipinski definition) is 2. The number of aliphatic hydroxyl groups excluding tert-OH is 1. The van der Waals surface area contributed by atoms with Crippen LogP contribution < -0.4 is 10.2 Å². The monoisotopic (exact) mass is 294 g/mol. The third-order valence-electron chi connectivity index (χ3n) is 3.95. The summed E-state index contributed by atoms with van der Waals surface area (Å²) < 4.78 is 5.16. The Morgan fingerprint density at radius 1 is 1.48 bits per heavy atom. The average Bonchev–Trinajstić information content (AvgIpc) is 2.86. The lowest BCUT2D eigenvalue weighted by Crippen LogP contribution is -2.36. The number of methoxy groups -OCH3 is 1. The van der Waals surface area contributed by atoms with Crippen LogP contribution in [0, 0.1) is 5.92 Å². The maximum atomic E-state index is 9.63. The first-order valence-electron chi connectivity index (χ1n) is 7.67. The zero-order chi connectivity index (χ0) is 15.2. The van der Waals surface area contributed by atoms with Gasteiger partial charge in [-0.05, 0) is 18.8 Å². The van der Waals surface area contributed by atoms with Crippen LogP contribution in [0.5, 0.6) is 0 Å². The molecule has 1 fully saturated rings. The molecule has 2 rings (SSSR count). The summed E-state index contributed by atoms with van der Waals surface area (Å²) in [7, 11) is 1.64. The van der Waals surface area contributed by atoms with Crippen molar-refractivity contribution in [3.05, 3.63) is 11.9 Å². The number of anilines is 2.